The summed E-state index contributed by atoms with van der Waals surface area (Å²) < 4.78 is 18.2. The van der Waals surface area contributed by atoms with Crippen LogP contribution in [0.2, 0.25) is 5.02 Å². The third kappa shape index (κ3) is 5.02. The zero-order chi connectivity index (χ0) is 25.4. The SMILES string of the molecule is O=C1NC(=O)N(c2ccc3c(c2)OCO3)C(=O)/C1=C/c1cc(I)c(OCc2ccc(Cl)cc2)c(I)c1. The fourth-order valence-corrected chi connectivity index (χ4v) is 5.87. The Labute approximate surface area is 237 Å². The highest BCUT2D eigenvalue weighted by Crippen LogP contribution is 2.37. The van der Waals surface area contributed by atoms with Crippen LogP contribution in [0, 0.1) is 7.14 Å². The van der Waals surface area contributed by atoms with Gasteiger partial charge in [-0.05, 0) is 98.8 Å². The summed E-state index contributed by atoms with van der Waals surface area (Å²) in [5.41, 5.74) is 1.67. The second-order valence-corrected chi connectivity index (χ2v) is 10.5. The van der Waals surface area contributed by atoms with Gasteiger partial charge in [0.1, 0.15) is 17.9 Å². The molecule has 182 valence electrons. The Kier molecular flexibility index (Phi) is 7.08. The molecule has 0 aliphatic carbocycles. The van der Waals surface area contributed by atoms with Crippen molar-refractivity contribution in [2.75, 3.05) is 11.7 Å². The largest absolute Gasteiger partial charge is 0.487 e. The summed E-state index contributed by atoms with van der Waals surface area (Å²) >= 11 is 10.2. The average molecular weight is 729 g/mol. The van der Waals surface area contributed by atoms with Crippen LogP contribution < -0.4 is 24.4 Å². The van der Waals surface area contributed by atoms with Gasteiger partial charge in [-0.15, -0.1) is 0 Å². The maximum absolute atomic E-state index is 13.2. The molecule has 1 saturated heterocycles. The predicted molar refractivity (Wildman–Crippen MR) is 149 cm³/mol. The molecule has 8 nitrogen and oxygen atoms in total. The molecular weight excluding hydrogens is 714 g/mol. The van der Waals surface area contributed by atoms with E-state index in [0.717, 1.165) is 17.6 Å². The van der Waals surface area contributed by atoms with Gasteiger partial charge in [-0.3, -0.25) is 14.9 Å². The zero-order valence-corrected chi connectivity index (χ0v) is 23.3. The number of barbiturate groups is 1. The van der Waals surface area contributed by atoms with Crippen LogP contribution in [-0.4, -0.2) is 24.6 Å². The van der Waals surface area contributed by atoms with Crippen LogP contribution in [0.5, 0.6) is 17.2 Å². The fourth-order valence-electron chi connectivity index (χ4n) is 3.62. The lowest BCUT2D eigenvalue weighted by Gasteiger charge is -2.26. The van der Waals surface area contributed by atoms with Crippen LogP contribution in [-0.2, 0) is 16.2 Å². The molecule has 0 atom stereocenters. The van der Waals surface area contributed by atoms with Gasteiger partial charge >= 0.3 is 6.03 Å². The molecule has 0 aromatic heterocycles. The number of nitrogens with zero attached hydrogens (tertiary/aromatic N) is 1. The van der Waals surface area contributed by atoms with Crippen LogP contribution in [0.4, 0.5) is 10.5 Å². The number of amides is 4. The smallest absolute Gasteiger partial charge is 0.335 e. The van der Waals surface area contributed by atoms with E-state index in [-0.39, 0.29) is 18.1 Å². The lowest BCUT2D eigenvalue weighted by Crippen LogP contribution is -2.54. The lowest BCUT2D eigenvalue weighted by atomic mass is 10.1. The average Bonchev–Trinajstić information content (AvgIpc) is 3.30. The highest BCUT2D eigenvalue weighted by atomic mass is 127. The maximum Gasteiger partial charge on any atom is 0.335 e. The van der Waals surface area contributed by atoms with Gasteiger partial charge in [0, 0.05) is 11.1 Å². The van der Waals surface area contributed by atoms with Crippen molar-refractivity contribution in [1.82, 2.24) is 5.32 Å². The van der Waals surface area contributed by atoms with Crippen molar-refractivity contribution in [2.45, 2.75) is 6.61 Å². The van der Waals surface area contributed by atoms with Gasteiger partial charge in [-0.1, -0.05) is 23.7 Å². The second kappa shape index (κ2) is 10.3. The third-order valence-electron chi connectivity index (χ3n) is 5.34. The zero-order valence-electron chi connectivity index (χ0n) is 18.2. The summed E-state index contributed by atoms with van der Waals surface area (Å²) in [5, 5.41) is 2.88. The van der Waals surface area contributed by atoms with E-state index in [9.17, 15) is 14.4 Å². The number of hydrogen-bond acceptors (Lipinski definition) is 6. The molecule has 5 rings (SSSR count). The minimum absolute atomic E-state index is 0.0548. The van der Waals surface area contributed by atoms with Crippen molar-refractivity contribution in [3.05, 3.63) is 83.5 Å². The fraction of sp³-hybridized carbons (Fsp3) is 0.0800. The Bertz CT molecular complexity index is 1420. The number of nitrogens with one attached hydrogen (secondary N) is 1. The Morgan fingerprint density at radius 1 is 0.972 bits per heavy atom. The molecule has 1 N–H and O–H groups in total. The number of hydrogen-bond donors (Lipinski definition) is 1. The molecule has 1 fully saturated rings. The second-order valence-electron chi connectivity index (χ2n) is 7.72. The molecule has 0 bridgehead atoms. The molecule has 4 amide bonds. The van der Waals surface area contributed by atoms with E-state index in [0.29, 0.717) is 34.4 Å². The van der Waals surface area contributed by atoms with Gasteiger partial charge in [0.15, 0.2) is 11.5 Å². The number of imide groups is 2. The Hall–Kier alpha value is -2.84. The minimum Gasteiger partial charge on any atom is -0.487 e. The van der Waals surface area contributed by atoms with E-state index in [1.807, 2.05) is 12.1 Å². The molecule has 0 radical (unpaired) electrons. The van der Waals surface area contributed by atoms with Gasteiger partial charge in [0.25, 0.3) is 11.8 Å². The van der Waals surface area contributed by atoms with Gasteiger partial charge in [-0.2, -0.15) is 0 Å². The molecule has 2 heterocycles. The molecule has 3 aromatic rings. The molecule has 0 spiro atoms. The highest BCUT2D eigenvalue weighted by Gasteiger charge is 2.37. The number of rotatable bonds is 5. The molecule has 0 saturated carbocycles. The number of anilines is 1. The number of benzene rings is 3. The summed E-state index contributed by atoms with van der Waals surface area (Å²) in [6, 6.07) is 14.8. The molecule has 2 aliphatic rings. The molecule has 11 heteroatoms. The number of halogens is 3. The van der Waals surface area contributed by atoms with Crippen LogP contribution >= 0.6 is 56.8 Å². The van der Waals surface area contributed by atoms with E-state index in [2.05, 4.69) is 50.5 Å². The molecule has 3 aromatic carbocycles. The summed E-state index contributed by atoms with van der Waals surface area (Å²) in [4.78, 5) is 39.2. The van der Waals surface area contributed by atoms with Crippen molar-refractivity contribution >= 4 is 86.4 Å². The standard InChI is InChI=1S/C25H15ClI2N2O6/c26-15-3-1-13(2-4-15)11-34-22-18(27)8-14(9-19(22)28)7-17-23(31)29-25(33)30(24(17)32)16-5-6-20-21(10-16)36-12-35-20/h1-10H,11-12H2,(H,29,31,33)/b17-7+. The van der Waals surface area contributed by atoms with Gasteiger partial charge in [0.2, 0.25) is 6.79 Å². The Morgan fingerprint density at radius 3 is 2.39 bits per heavy atom. The van der Waals surface area contributed by atoms with Gasteiger partial charge < -0.3 is 14.2 Å². The topological polar surface area (TPSA) is 94.2 Å². The van der Waals surface area contributed by atoms with E-state index in [1.165, 1.54) is 12.1 Å². The summed E-state index contributed by atoms with van der Waals surface area (Å²) in [5.74, 6) is 0.0995. The summed E-state index contributed by atoms with van der Waals surface area (Å²) in [6.07, 6.45) is 1.46. The Morgan fingerprint density at radius 2 is 1.67 bits per heavy atom. The first-order valence-corrected chi connectivity index (χ1v) is 13.0. The van der Waals surface area contributed by atoms with Gasteiger partial charge in [-0.25, -0.2) is 9.69 Å². The number of fused-ring (bicyclic) bond motifs is 1. The molecule has 36 heavy (non-hydrogen) atoms. The van der Waals surface area contributed by atoms with Crippen molar-refractivity contribution in [3.63, 3.8) is 0 Å². The van der Waals surface area contributed by atoms with E-state index < -0.39 is 17.8 Å². The van der Waals surface area contributed by atoms with E-state index in [1.54, 1.807) is 36.4 Å². The third-order valence-corrected chi connectivity index (χ3v) is 7.20. The number of carbonyl (C=O) groups is 3. The van der Waals surface area contributed by atoms with Crippen LogP contribution in [0.1, 0.15) is 11.1 Å². The van der Waals surface area contributed by atoms with Crippen LogP contribution in [0.3, 0.4) is 0 Å². The molecular formula is C25H15ClI2N2O6. The van der Waals surface area contributed by atoms with Crippen LogP contribution in [0.25, 0.3) is 6.08 Å². The minimum atomic E-state index is -0.837. The number of ether oxygens (including phenoxy) is 3. The normalized spacial score (nSPS) is 15.9. The quantitative estimate of drug-likeness (QED) is 0.211. The summed E-state index contributed by atoms with van der Waals surface area (Å²) in [6.45, 7) is 0.413. The molecule has 2 aliphatic heterocycles. The van der Waals surface area contributed by atoms with Crippen LogP contribution in [0.15, 0.2) is 60.2 Å². The number of carbonyl (C=O) groups excluding carboxylic acids is 3. The van der Waals surface area contributed by atoms with Crippen molar-refractivity contribution < 1.29 is 28.6 Å². The van der Waals surface area contributed by atoms with Crippen molar-refractivity contribution in [2.24, 2.45) is 0 Å². The highest BCUT2D eigenvalue weighted by molar-refractivity contribution is 14.1. The maximum atomic E-state index is 13.2. The summed E-state index contributed by atoms with van der Waals surface area (Å²) in [7, 11) is 0. The van der Waals surface area contributed by atoms with Crippen molar-refractivity contribution in [3.8, 4) is 17.2 Å². The lowest BCUT2D eigenvalue weighted by molar-refractivity contribution is -0.122. The monoisotopic (exact) mass is 728 g/mol. The van der Waals surface area contributed by atoms with E-state index in [4.69, 9.17) is 25.8 Å². The van der Waals surface area contributed by atoms with Gasteiger partial charge in [0.05, 0.1) is 12.8 Å². The first kappa shape index (κ1) is 24.8. The number of urea groups is 1. The Balaban J connectivity index is 1.40. The molecule has 0 unspecified atom stereocenters. The first-order valence-electron chi connectivity index (χ1n) is 10.5. The van der Waals surface area contributed by atoms with Crippen molar-refractivity contribution in [1.29, 1.82) is 0 Å². The first-order chi connectivity index (χ1) is 17.3. The predicted octanol–water partition coefficient (Wildman–Crippen LogP) is 5.52. The van der Waals surface area contributed by atoms with E-state index >= 15 is 0 Å².